The zero-order valence-corrected chi connectivity index (χ0v) is 15.8. The van der Waals surface area contributed by atoms with E-state index in [2.05, 4.69) is 12.7 Å². The molecule has 0 radical (unpaired) electrons. The third kappa shape index (κ3) is 7.09. The van der Waals surface area contributed by atoms with Crippen LogP contribution in [0.25, 0.3) is 0 Å². The minimum atomic E-state index is -0.973. The number of rotatable bonds is 9. The van der Waals surface area contributed by atoms with Crippen LogP contribution < -0.4 is 0 Å². The number of aliphatic carboxylic acids is 2. The molecule has 4 heteroatoms. The predicted octanol–water partition coefficient (Wildman–Crippen LogP) is 5.37. The van der Waals surface area contributed by atoms with E-state index in [1.54, 1.807) is 24.3 Å². The van der Waals surface area contributed by atoms with Crippen LogP contribution in [-0.2, 0) is 9.59 Å². The van der Waals surface area contributed by atoms with Crippen LogP contribution in [0.1, 0.15) is 52.9 Å². The van der Waals surface area contributed by atoms with Gasteiger partial charge in [-0.1, -0.05) is 48.8 Å². The molecule has 26 heavy (non-hydrogen) atoms. The summed E-state index contributed by atoms with van der Waals surface area (Å²) in [6.07, 6.45) is 12.3. The van der Waals surface area contributed by atoms with E-state index in [-0.39, 0.29) is 5.57 Å². The lowest BCUT2D eigenvalue weighted by molar-refractivity contribution is -0.133. The van der Waals surface area contributed by atoms with Crippen LogP contribution in [0.5, 0.6) is 0 Å². The smallest absolute Gasteiger partial charge is 0.335 e. The molecule has 0 saturated carbocycles. The van der Waals surface area contributed by atoms with E-state index in [1.807, 2.05) is 20.8 Å². The molecule has 0 aromatic carbocycles. The third-order valence-electron chi connectivity index (χ3n) is 4.32. The fourth-order valence-corrected chi connectivity index (χ4v) is 2.53. The molecule has 1 aliphatic carbocycles. The fraction of sp³-hybridized carbons (Fsp3) is 0.364. The maximum atomic E-state index is 11.4. The van der Waals surface area contributed by atoms with E-state index in [1.165, 1.54) is 0 Å². The average Bonchev–Trinajstić information content (AvgIpc) is 2.81. The van der Waals surface area contributed by atoms with Crippen LogP contribution in [0.3, 0.4) is 0 Å². The van der Waals surface area contributed by atoms with Gasteiger partial charge in [0.1, 0.15) is 0 Å². The second-order valence-corrected chi connectivity index (χ2v) is 6.45. The largest absolute Gasteiger partial charge is 0.478 e. The summed E-state index contributed by atoms with van der Waals surface area (Å²) in [5, 5.41) is 18.6. The molecule has 0 atom stereocenters. The topological polar surface area (TPSA) is 74.6 Å². The maximum Gasteiger partial charge on any atom is 0.335 e. The monoisotopic (exact) mass is 356 g/mol. The van der Waals surface area contributed by atoms with Gasteiger partial charge in [0.25, 0.3) is 0 Å². The Bertz CT molecular complexity index is 727. The Balaban J connectivity index is 2.87. The third-order valence-corrected chi connectivity index (χ3v) is 4.32. The number of carboxylic acids is 2. The molecule has 0 aliphatic heterocycles. The van der Waals surface area contributed by atoms with E-state index in [0.29, 0.717) is 30.4 Å². The van der Waals surface area contributed by atoms with Gasteiger partial charge in [-0.15, -0.1) is 0 Å². The molecule has 1 aliphatic rings. The van der Waals surface area contributed by atoms with Gasteiger partial charge in [0.05, 0.1) is 11.1 Å². The van der Waals surface area contributed by atoms with Crippen molar-refractivity contribution in [2.75, 3.05) is 0 Å². The summed E-state index contributed by atoms with van der Waals surface area (Å²) in [6.45, 7) is 9.83. The lowest BCUT2D eigenvalue weighted by Crippen LogP contribution is -2.00. The zero-order chi connectivity index (χ0) is 19.7. The molecule has 0 amide bonds. The van der Waals surface area contributed by atoms with Crippen LogP contribution in [0.15, 0.2) is 70.4 Å². The SMILES string of the molecule is C=C(C=C(C=C(C)CC)C(=O)O)CCC1=CC(C(=O)O)=CC(CC)=CC1. The van der Waals surface area contributed by atoms with Crippen molar-refractivity contribution in [1.29, 1.82) is 0 Å². The molecular weight excluding hydrogens is 328 g/mol. The van der Waals surface area contributed by atoms with E-state index in [4.69, 9.17) is 0 Å². The average molecular weight is 356 g/mol. The van der Waals surface area contributed by atoms with Crippen LogP contribution >= 0.6 is 0 Å². The van der Waals surface area contributed by atoms with E-state index >= 15 is 0 Å². The van der Waals surface area contributed by atoms with Crippen LogP contribution in [0, 0.1) is 0 Å². The van der Waals surface area contributed by atoms with E-state index in [9.17, 15) is 19.8 Å². The van der Waals surface area contributed by atoms with Crippen LogP contribution in [0.4, 0.5) is 0 Å². The first-order valence-corrected chi connectivity index (χ1v) is 8.90. The highest BCUT2D eigenvalue weighted by atomic mass is 16.4. The summed E-state index contributed by atoms with van der Waals surface area (Å²) < 4.78 is 0. The molecule has 1 rings (SSSR count). The number of carboxylic acid groups (broad SMARTS) is 2. The molecule has 4 nitrogen and oxygen atoms in total. The molecule has 0 fully saturated rings. The number of hydrogen-bond acceptors (Lipinski definition) is 2. The Morgan fingerprint density at radius 3 is 2.42 bits per heavy atom. The molecule has 0 aromatic heterocycles. The summed E-state index contributed by atoms with van der Waals surface area (Å²) in [4.78, 5) is 22.7. The number of allylic oxidation sites excluding steroid dienone is 7. The van der Waals surface area contributed by atoms with Gasteiger partial charge in [-0.25, -0.2) is 9.59 Å². The van der Waals surface area contributed by atoms with Crippen molar-refractivity contribution < 1.29 is 19.8 Å². The summed E-state index contributed by atoms with van der Waals surface area (Å²) >= 11 is 0. The van der Waals surface area contributed by atoms with Crippen molar-refractivity contribution >= 4 is 11.9 Å². The fourth-order valence-electron chi connectivity index (χ4n) is 2.53. The lowest BCUT2D eigenvalue weighted by atomic mass is 9.99. The minimum Gasteiger partial charge on any atom is -0.478 e. The van der Waals surface area contributed by atoms with Gasteiger partial charge in [0, 0.05) is 0 Å². The first-order chi connectivity index (χ1) is 12.3. The Labute approximate surface area is 155 Å². The number of carbonyl (C=O) groups is 2. The highest BCUT2D eigenvalue weighted by molar-refractivity contribution is 5.91. The van der Waals surface area contributed by atoms with Gasteiger partial charge < -0.3 is 10.2 Å². The van der Waals surface area contributed by atoms with Gasteiger partial charge in [0.15, 0.2) is 0 Å². The highest BCUT2D eigenvalue weighted by Crippen LogP contribution is 2.24. The van der Waals surface area contributed by atoms with Gasteiger partial charge in [-0.05, 0) is 63.3 Å². The Kier molecular flexibility index (Phi) is 8.56. The predicted molar refractivity (Wildman–Crippen MR) is 105 cm³/mol. The second-order valence-electron chi connectivity index (χ2n) is 6.45. The van der Waals surface area contributed by atoms with Gasteiger partial charge in [0.2, 0.25) is 0 Å². The quantitative estimate of drug-likeness (QED) is 0.430. The van der Waals surface area contributed by atoms with Crippen LogP contribution in [-0.4, -0.2) is 22.2 Å². The first kappa shape index (κ1) is 21.4. The molecule has 2 N–H and O–H groups in total. The molecule has 140 valence electrons. The molecule has 0 saturated heterocycles. The number of hydrogen-bond donors (Lipinski definition) is 2. The molecular formula is C22H28O4. The second kappa shape index (κ2) is 10.4. The van der Waals surface area contributed by atoms with Crippen LogP contribution in [0.2, 0.25) is 0 Å². The van der Waals surface area contributed by atoms with Crippen molar-refractivity contribution in [1.82, 2.24) is 0 Å². The Hall–Kier alpha value is -2.62. The van der Waals surface area contributed by atoms with Gasteiger partial charge in [-0.3, -0.25) is 0 Å². The molecule has 0 heterocycles. The normalized spacial score (nSPS) is 15.6. The Morgan fingerprint density at radius 2 is 1.88 bits per heavy atom. The summed E-state index contributed by atoms with van der Waals surface area (Å²) in [5.74, 6) is -1.91. The minimum absolute atomic E-state index is 0.225. The molecule has 0 spiro atoms. The molecule has 0 aromatic rings. The van der Waals surface area contributed by atoms with E-state index in [0.717, 1.165) is 29.6 Å². The van der Waals surface area contributed by atoms with Crippen molar-refractivity contribution in [3.05, 3.63) is 70.4 Å². The lowest BCUT2D eigenvalue weighted by Gasteiger charge is -2.06. The van der Waals surface area contributed by atoms with Crippen molar-refractivity contribution in [3.8, 4) is 0 Å². The molecule has 0 bridgehead atoms. The zero-order valence-electron chi connectivity index (χ0n) is 15.8. The standard InChI is InChI=1S/C22H28O4/c1-5-15(3)11-19(21(23)24)12-16(4)7-8-18-10-9-17(6-2)13-20(14-18)22(25)26/h9,11-14H,4-8,10H2,1-3H3,(H,23,24)(H,25,26). The first-order valence-electron chi connectivity index (χ1n) is 8.90. The summed E-state index contributed by atoms with van der Waals surface area (Å²) in [7, 11) is 0. The van der Waals surface area contributed by atoms with Crippen molar-refractivity contribution in [2.45, 2.75) is 52.9 Å². The Morgan fingerprint density at radius 1 is 1.19 bits per heavy atom. The van der Waals surface area contributed by atoms with Gasteiger partial charge in [-0.2, -0.15) is 0 Å². The highest BCUT2D eigenvalue weighted by Gasteiger charge is 2.11. The maximum absolute atomic E-state index is 11.4. The van der Waals surface area contributed by atoms with Gasteiger partial charge >= 0.3 is 11.9 Å². The summed E-state index contributed by atoms with van der Waals surface area (Å²) in [6, 6.07) is 0. The molecule has 0 unspecified atom stereocenters. The summed E-state index contributed by atoms with van der Waals surface area (Å²) in [5.41, 5.74) is 4.25. The van der Waals surface area contributed by atoms with E-state index < -0.39 is 11.9 Å². The van der Waals surface area contributed by atoms with Crippen molar-refractivity contribution in [3.63, 3.8) is 0 Å². The van der Waals surface area contributed by atoms with Crippen molar-refractivity contribution in [2.24, 2.45) is 0 Å².